The molecule has 0 bridgehead atoms. The Bertz CT molecular complexity index is 1390. The third-order valence-corrected chi connectivity index (χ3v) is 6.25. The van der Waals surface area contributed by atoms with Crippen LogP contribution in [0.5, 0.6) is 0 Å². The van der Waals surface area contributed by atoms with E-state index in [0.717, 1.165) is 52.1 Å². The Morgan fingerprint density at radius 2 is 1.80 bits per heavy atom. The lowest BCUT2D eigenvalue weighted by Gasteiger charge is -2.18. The number of urea groups is 1. The van der Waals surface area contributed by atoms with Gasteiger partial charge in [-0.3, -0.25) is 4.90 Å². The molecule has 0 aliphatic heterocycles. The molecular formula is C28H30N4O3. The first-order chi connectivity index (χ1) is 16.8. The molecule has 2 N–H and O–H groups in total. The molecule has 0 aliphatic rings. The summed E-state index contributed by atoms with van der Waals surface area (Å²) < 4.78 is 2.22. The van der Waals surface area contributed by atoms with E-state index in [1.807, 2.05) is 55.5 Å². The highest BCUT2D eigenvalue weighted by Gasteiger charge is 2.17. The molecule has 0 unspecified atom stereocenters. The number of benzene rings is 3. The Morgan fingerprint density at radius 3 is 2.46 bits per heavy atom. The number of nitrogens with zero attached hydrogens (tertiary/aromatic N) is 3. The van der Waals surface area contributed by atoms with Crippen LogP contribution in [-0.2, 0) is 13.0 Å². The minimum absolute atomic E-state index is 0.180. The minimum Gasteiger partial charge on any atom is -0.478 e. The maximum Gasteiger partial charge on any atom is 0.336 e. The van der Waals surface area contributed by atoms with E-state index in [9.17, 15) is 14.7 Å². The van der Waals surface area contributed by atoms with Crippen molar-refractivity contribution in [1.82, 2.24) is 14.9 Å². The zero-order chi connectivity index (χ0) is 25.1. The van der Waals surface area contributed by atoms with Crippen LogP contribution in [0.25, 0.3) is 22.2 Å². The SMILES string of the molecule is CCCc1nc2c(C)cc(N(C)C(=O)NC)cc2n1Cc1ccc(-c2ccccc2C(=O)O)cc1. The number of amides is 2. The van der Waals surface area contributed by atoms with Crippen LogP contribution < -0.4 is 10.2 Å². The molecule has 3 aromatic carbocycles. The molecule has 1 heterocycles. The van der Waals surface area contributed by atoms with Crippen molar-refractivity contribution >= 4 is 28.7 Å². The van der Waals surface area contributed by atoms with Crippen molar-refractivity contribution < 1.29 is 14.7 Å². The van der Waals surface area contributed by atoms with Gasteiger partial charge < -0.3 is 15.0 Å². The highest BCUT2D eigenvalue weighted by molar-refractivity contribution is 5.96. The molecule has 7 nitrogen and oxygen atoms in total. The normalized spacial score (nSPS) is 11.0. The van der Waals surface area contributed by atoms with Crippen LogP contribution in [-0.4, -0.2) is 40.8 Å². The maximum atomic E-state index is 12.2. The van der Waals surface area contributed by atoms with E-state index in [1.54, 1.807) is 31.1 Å². The summed E-state index contributed by atoms with van der Waals surface area (Å²) in [4.78, 5) is 30.4. The predicted octanol–water partition coefficient (Wildman–Crippen LogP) is 5.49. The van der Waals surface area contributed by atoms with E-state index in [0.29, 0.717) is 12.1 Å². The summed E-state index contributed by atoms with van der Waals surface area (Å²) in [6, 6.07) is 18.8. The molecule has 0 radical (unpaired) electrons. The van der Waals surface area contributed by atoms with Gasteiger partial charge in [-0.2, -0.15) is 0 Å². The number of imidazole rings is 1. The second-order valence-corrected chi connectivity index (χ2v) is 8.66. The number of carbonyl (C=O) groups excluding carboxylic acids is 1. The minimum atomic E-state index is -0.938. The molecular weight excluding hydrogens is 440 g/mol. The van der Waals surface area contributed by atoms with Crippen LogP contribution in [0.1, 0.15) is 40.7 Å². The van der Waals surface area contributed by atoms with Crippen molar-refractivity contribution in [2.45, 2.75) is 33.2 Å². The summed E-state index contributed by atoms with van der Waals surface area (Å²) >= 11 is 0. The van der Waals surface area contributed by atoms with Gasteiger partial charge in [-0.25, -0.2) is 14.6 Å². The van der Waals surface area contributed by atoms with Crippen molar-refractivity contribution in [2.75, 3.05) is 19.0 Å². The fourth-order valence-corrected chi connectivity index (χ4v) is 4.39. The third kappa shape index (κ3) is 4.75. The summed E-state index contributed by atoms with van der Waals surface area (Å²) in [5, 5.41) is 12.2. The van der Waals surface area contributed by atoms with Gasteiger partial charge in [-0.1, -0.05) is 49.4 Å². The number of carbonyl (C=O) groups is 2. The van der Waals surface area contributed by atoms with Gasteiger partial charge in [-0.05, 0) is 53.8 Å². The fourth-order valence-electron chi connectivity index (χ4n) is 4.39. The van der Waals surface area contributed by atoms with Crippen LogP contribution in [0.15, 0.2) is 60.7 Å². The molecule has 0 saturated heterocycles. The topological polar surface area (TPSA) is 87.5 Å². The highest BCUT2D eigenvalue weighted by atomic mass is 16.4. The molecule has 180 valence electrons. The van der Waals surface area contributed by atoms with E-state index >= 15 is 0 Å². The quantitative estimate of drug-likeness (QED) is 0.374. The number of nitrogens with one attached hydrogen (secondary N) is 1. The third-order valence-electron chi connectivity index (χ3n) is 6.25. The fraction of sp³-hybridized carbons (Fsp3) is 0.250. The van der Waals surface area contributed by atoms with Crippen molar-refractivity contribution in [3.8, 4) is 11.1 Å². The second kappa shape index (κ2) is 10.0. The second-order valence-electron chi connectivity index (χ2n) is 8.66. The molecule has 7 heteroatoms. The molecule has 0 saturated carbocycles. The molecule has 4 aromatic rings. The number of carboxylic acid groups (broad SMARTS) is 1. The van der Waals surface area contributed by atoms with Crippen molar-refractivity contribution in [3.05, 3.63) is 83.2 Å². The monoisotopic (exact) mass is 470 g/mol. The Kier molecular flexibility index (Phi) is 6.87. The van der Waals surface area contributed by atoms with Crippen LogP contribution >= 0.6 is 0 Å². The number of rotatable bonds is 7. The van der Waals surface area contributed by atoms with Gasteiger partial charge in [0.2, 0.25) is 0 Å². The highest BCUT2D eigenvalue weighted by Crippen LogP contribution is 2.29. The van der Waals surface area contributed by atoms with Gasteiger partial charge in [0.15, 0.2) is 0 Å². The van der Waals surface area contributed by atoms with Gasteiger partial charge in [0.1, 0.15) is 5.82 Å². The maximum absolute atomic E-state index is 12.2. The summed E-state index contributed by atoms with van der Waals surface area (Å²) in [7, 11) is 3.37. The van der Waals surface area contributed by atoms with Gasteiger partial charge in [0.25, 0.3) is 0 Å². The molecule has 35 heavy (non-hydrogen) atoms. The van der Waals surface area contributed by atoms with Crippen molar-refractivity contribution in [1.29, 1.82) is 0 Å². The molecule has 2 amide bonds. The van der Waals surface area contributed by atoms with Crippen LogP contribution in [0.4, 0.5) is 10.5 Å². The number of anilines is 1. The molecule has 0 spiro atoms. The lowest BCUT2D eigenvalue weighted by molar-refractivity contribution is 0.0697. The van der Waals surface area contributed by atoms with E-state index in [4.69, 9.17) is 4.98 Å². The first kappa shape index (κ1) is 24.0. The Labute approximate surface area is 205 Å². The van der Waals surface area contributed by atoms with Crippen LogP contribution in [0.3, 0.4) is 0 Å². The molecule has 1 aromatic heterocycles. The largest absolute Gasteiger partial charge is 0.478 e. The van der Waals surface area contributed by atoms with E-state index < -0.39 is 5.97 Å². The van der Waals surface area contributed by atoms with E-state index in [2.05, 4.69) is 16.8 Å². The number of aromatic carboxylic acids is 1. The summed E-state index contributed by atoms with van der Waals surface area (Å²) in [6.45, 7) is 4.78. The van der Waals surface area contributed by atoms with Gasteiger partial charge in [-0.15, -0.1) is 0 Å². The average Bonchev–Trinajstić information content (AvgIpc) is 3.21. The number of hydrogen-bond acceptors (Lipinski definition) is 3. The van der Waals surface area contributed by atoms with Crippen molar-refractivity contribution in [3.63, 3.8) is 0 Å². The zero-order valence-corrected chi connectivity index (χ0v) is 20.5. The number of hydrogen-bond donors (Lipinski definition) is 2. The number of carboxylic acids is 1. The van der Waals surface area contributed by atoms with Gasteiger partial charge in [0, 0.05) is 32.7 Å². The lowest BCUT2D eigenvalue weighted by Crippen LogP contribution is -2.34. The van der Waals surface area contributed by atoms with Gasteiger partial charge >= 0.3 is 12.0 Å². The van der Waals surface area contributed by atoms with Gasteiger partial charge in [0.05, 0.1) is 16.6 Å². The number of aryl methyl sites for hydroxylation is 2. The molecule has 0 fully saturated rings. The Morgan fingerprint density at radius 1 is 1.09 bits per heavy atom. The number of fused-ring (bicyclic) bond motifs is 1. The van der Waals surface area contributed by atoms with E-state index in [1.165, 1.54) is 0 Å². The Balaban J connectivity index is 1.74. The Hall–Kier alpha value is -4.13. The summed E-state index contributed by atoms with van der Waals surface area (Å²) in [5.41, 5.74) is 6.68. The average molecular weight is 471 g/mol. The summed E-state index contributed by atoms with van der Waals surface area (Å²) in [6.07, 6.45) is 1.82. The molecule has 0 atom stereocenters. The van der Waals surface area contributed by atoms with E-state index in [-0.39, 0.29) is 11.6 Å². The standard InChI is InChI=1S/C28H30N4O3/c1-5-8-25-30-26-18(2)15-21(31(4)28(35)29-3)16-24(26)32(25)17-19-11-13-20(14-12-19)22-9-6-7-10-23(22)27(33)34/h6-7,9-16H,5,8,17H2,1-4H3,(H,29,35)(H,33,34). The van der Waals surface area contributed by atoms with Crippen molar-refractivity contribution in [2.24, 2.45) is 0 Å². The zero-order valence-electron chi connectivity index (χ0n) is 20.5. The molecule has 0 aliphatic carbocycles. The number of aromatic nitrogens is 2. The first-order valence-corrected chi connectivity index (χ1v) is 11.7. The van der Waals surface area contributed by atoms with Crippen LogP contribution in [0, 0.1) is 6.92 Å². The lowest BCUT2D eigenvalue weighted by atomic mass is 9.99. The summed E-state index contributed by atoms with van der Waals surface area (Å²) in [5.74, 6) is 0.0670. The first-order valence-electron chi connectivity index (χ1n) is 11.7. The van der Waals surface area contributed by atoms with Crippen LogP contribution in [0.2, 0.25) is 0 Å². The smallest absolute Gasteiger partial charge is 0.336 e. The predicted molar refractivity (Wildman–Crippen MR) is 139 cm³/mol. The molecule has 4 rings (SSSR count).